The summed E-state index contributed by atoms with van der Waals surface area (Å²) < 4.78 is 0. The fraction of sp³-hybridized carbons (Fsp3) is 0.250. The van der Waals surface area contributed by atoms with Crippen molar-refractivity contribution in [2.24, 2.45) is 0 Å². The number of fused-ring (bicyclic) bond motifs is 1. The van der Waals surface area contributed by atoms with Gasteiger partial charge in [-0.05, 0) is 17.2 Å². The van der Waals surface area contributed by atoms with E-state index in [1.165, 1.54) is 16.8 Å². The Labute approximate surface area is 151 Å². The van der Waals surface area contributed by atoms with E-state index in [1.807, 2.05) is 42.5 Å². The zero-order valence-corrected chi connectivity index (χ0v) is 14.5. The van der Waals surface area contributed by atoms with E-state index in [0.29, 0.717) is 12.1 Å². The highest BCUT2D eigenvalue weighted by Crippen LogP contribution is 2.22. The van der Waals surface area contributed by atoms with E-state index in [9.17, 15) is 19.5 Å². The van der Waals surface area contributed by atoms with Gasteiger partial charge in [0.05, 0.1) is 0 Å². The van der Waals surface area contributed by atoms with Crippen LogP contribution in [0.25, 0.3) is 0 Å². The molecule has 6 nitrogen and oxygen atoms in total. The van der Waals surface area contributed by atoms with Crippen LogP contribution in [0.2, 0.25) is 0 Å². The minimum absolute atomic E-state index is 0.136. The average Bonchev–Trinajstić information content (AvgIpc) is 2.96. The van der Waals surface area contributed by atoms with Gasteiger partial charge in [0.15, 0.2) is 0 Å². The minimum Gasteiger partial charge on any atom is -0.480 e. The van der Waals surface area contributed by atoms with E-state index in [-0.39, 0.29) is 18.9 Å². The molecule has 0 saturated heterocycles. The molecule has 0 aliphatic carbocycles. The number of aliphatic carboxylic acids is 1. The maximum absolute atomic E-state index is 12.6. The predicted molar refractivity (Wildman–Crippen MR) is 95.5 cm³/mol. The number of hydrogen-bond acceptors (Lipinski definition) is 3. The fourth-order valence-electron chi connectivity index (χ4n) is 3.12. The van der Waals surface area contributed by atoms with Crippen LogP contribution in [-0.2, 0) is 22.6 Å². The highest BCUT2D eigenvalue weighted by molar-refractivity contribution is 6.00. The molecule has 0 spiro atoms. The Kier molecular flexibility index (Phi) is 5.02. The third kappa shape index (κ3) is 3.59. The second-order valence-electron chi connectivity index (χ2n) is 6.37. The summed E-state index contributed by atoms with van der Waals surface area (Å²) in [5, 5.41) is 9.53. The number of carbonyl (C=O) groups excluding carboxylic acids is 2. The summed E-state index contributed by atoms with van der Waals surface area (Å²) in [4.78, 5) is 39.3. The zero-order chi connectivity index (χ0) is 18.7. The number of benzene rings is 2. The lowest BCUT2D eigenvalue weighted by Crippen LogP contribution is -2.47. The number of carboxylic acid groups (broad SMARTS) is 1. The molecule has 134 valence electrons. The molecule has 26 heavy (non-hydrogen) atoms. The van der Waals surface area contributed by atoms with E-state index in [1.54, 1.807) is 12.1 Å². The van der Waals surface area contributed by atoms with Crippen LogP contribution >= 0.6 is 0 Å². The molecule has 0 radical (unpaired) electrons. The molecule has 1 aliphatic heterocycles. The lowest BCUT2D eigenvalue weighted by Gasteiger charge is -2.27. The number of amides is 2. The van der Waals surface area contributed by atoms with Crippen molar-refractivity contribution in [2.75, 3.05) is 13.6 Å². The van der Waals surface area contributed by atoms with Gasteiger partial charge in [0.1, 0.15) is 12.6 Å². The van der Waals surface area contributed by atoms with Crippen molar-refractivity contribution in [1.82, 2.24) is 9.80 Å². The largest absolute Gasteiger partial charge is 0.480 e. The SMILES string of the molecule is CN(C(=O)CN1Cc2ccccc2C1=O)C(Cc1ccccc1)C(=O)O. The Morgan fingerprint density at radius 2 is 1.77 bits per heavy atom. The van der Waals surface area contributed by atoms with Crippen molar-refractivity contribution >= 4 is 17.8 Å². The van der Waals surface area contributed by atoms with Crippen LogP contribution in [-0.4, -0.2) is 52.3 Å². The normalized spacial score (nSPS) is 14.0. The first-order valence-electron chi connectivity index (χ1n) is 8.37. The number of hydrogen-bond donors (Lipinski definition) is 1. The van der Waals surface area contributed by atoms with E-state index in [0.717, 1.165) is 11.1 Å². The summed E-state index contributed by atoms with van der Waals surface area (Å²) in [6.07, 6.45) is 0.215. The average molecular weight is 352 g/mol. The fourth-order valence-corrected chi connectivity index (χ4v) is 3.12. The van der Waals surface area contributed by atoms with Gasteiger partial charge < -0.3 is 14.9 Å². The van der Waals surface area contributed by atoms with Crippen LogP contribution in [0.3, 0.4) is 0 Å². The molecule has 3 rings (SSSR count). The molecular formula is C20H20N2O4. The number of rotatable bonds is 6. The van der Waals surface area contributed by atoms with Crippen molar-refractivity contribution < 1.29 is 19.5 Å². The van der Waals surface area contributed by atoms with E-state index in [4.69, 9.17) is 0 Å². The second kappa shape index (κ2) is 7.39. The van der Waals surface area contributed by atoms with Crippen LogP contribution in [0, 0.1) is 0 Å². The number of nitrogens with zero attached hydrogens (tertiary/aromatic N) is 2. The highest BCUT2D eigenvalue weighted by atomic mass is 16.4. The lowest BCUT2D eigenvalue weighted by molar-refractivity contribution is -0.149. The van der Waals surface area contributed by atoms with Gasteiger partial charge >= 0.3 is 5.97 Å². The highest BCUT2D eigenvalue weighted by Gasteiger charge is 2.32. The van der Waals surface area contributed by atoms with Gasteiger partial charge in [-0.1, -0.05) is 48.5 Å². The molecule has 2 amide bonds. The zero-order valence-electron chi connectivity index (χ0n) is 14.5. The van der Waals surface area contributed by atoms with Crippen molar-refractivity contribution in [3.8, 4) is 0 Å². The third-order valence-electron chi connectivity index (χ3n) is 4.64. The van der Waals surface area contributed by atoms with Crippen LogP contribution in [0.5, 0.6) is 0 Å². The van der Waals surface area contributed by atoms with Crippen LogP contribution in [0.15, 0.2) is 54.6 Å². The summed E-state index contributed by atoms with van der Waals surface area (Å²) >= 11 is 0. The molecule has 0 aromatic heterocycles. The monoisotopic (exact) mass is 352 g/mol. The third-order valence-corrected chi connectivity index (χ3v) is 4.64. The summed E-state index contributed by atoms with van der Waals surface area (Å²) in [5.41, 5.74) is 2.32. The maximum atomic E-state index is 12.6. The van der Waals surface area contributed by atoms with Crippen LogP contribution < -0.4 is 0 Å². The lowest BCUT2D eigenvalue weighted by atomic mass is 10.0. The number of likely N-dealkylation sites (N-methyl/N-ethyl adjacent to an activating group) is 1. The van der Waals surface area contributed by atoms with E-state index < -0.39 is 17.9 Å². The summed E-state index contributed by atoms with van der Waals surface area (Å²) in [6.45, 7) is 0.230. The molecule has 1 heterocycles. The Morgan fingerprint density at radius 3 is 2.42 bits per heavy atom. The van der Waals surface area contributed by atoms with Crippen molar-refractivity contribution in [1.29, 1.82) is 0 Å². The quantitative estimate of drug-likeness (QED) is 0.860. The van der Waals surface area contributed by atoms with Gasteiger partial charge in [-0.15, -0.1) is 0 Å². The first-order chi connectivity index (χ1) is 12.5. The Morgan fingerprint density at radius 1 is 1.12 bits per heavy atom. The first kappa shape index (κ1) is 17.7. The first-order valence-corrected chi connectivity index (χ1v) is 8.37. The van der Waals surface area contributed by atoms with E-state index in [2.05, 4.69) is 0 Å². The molecule has 0 saturated carbocycles. The van der Waals surface area contributed by atoms with Gasteiger partial charge in [0.2, 0.25) is 5.91 Å². The smallest absolute Gasteiger partial charge is 0.326 e. The van der Waals surface area contributed by atoms with Gasteiger partial charge in [0.25, 0.3) is 5.91 Å². The molecule has 1 atom stereocenters. The summed E-state index contributed by atoms with van der Waals surface area (Å²) in [6, 6.07) is 15.4. The van der Waals surface area contributed by atoms with Gasteiger partial charge in [-0.3, -0.25) is 9.59 Å². The molecule has 2 aromatic rings. The molecule has 1 N–H and O–H groups in total. The predicted octanol–water partition coefficient (Wildman–Crippen LogP) is 1.80. The number of carbonyl (C=O) groups is 3. The Balaban J connectivity index is 1.68. The Bertz CT molecular complexity index is 835. The molecular weight excluding hydrogens is 332 g/mol. The van der Waals surface area contributed by atoms with Gasteiger partial charge in [-0.2, -0.15) is 0 Å². The molecule has 1 aliphatic rings. The minimum atomic E-state index is -1.07. The summed E-state index contributed by atoms with van der Waals surface area (Å²) in [5.74, 6) is -1.66. The van der Waals surface area contributed by atoms with Crippen molar-refractivity contribution in [3.63, 3.8) is 0 Å². The Hall–Kier alpha value is -3.15. The van der Waals surface area contributed by atoms with E-state index >= 15 is 0 Å². The standard InChI is InChI=1S/C20H20N2O4/c1-21(17(20(25)26)11-14-7-3-2-4-8-14)18(23)13-22-12-15-9-5-6-10-16(15)19(22)24/h2-10,17H,11-13H2,1H3,(H,25,26). The van der Waals surface area contributed by atoms with Crippen LogP contribution in [0.4, 0.5) is 0 Å². The van der Waals surface area contributed by atoms with Gasteiger partial charge in [0, 0.05) is 25.6 Å². The topological polar surface area (TPSA) is 77.9 Å². The molecule has 0 bridgehead atoms. The van der Waals surface area contributed by atoms with Gasteiger partial charge in [-0.25, -0.2) is 4.79 Å². The number of carboxylic acids is 1. The van der Waals surface area contributed by atoms with Crippen molar-refractivity contribution in [2.45, 2.75) is 19.0 Å². The molecule has 2 aromatic carbocycles. The maximum Gasteiger partial charge on any atom is 0.326 e. The second-order valence-corrected chi connectivity index (χ2v) is 6.37. The summed E-state index contributed by atoms with van der Waals surface area (Å²) in [7, 11) is 1.47. The van der Waals surface area contributed by atoms with Crippen LogP contribution in [0.1, 0.15) is 21.5 Å². The molecule has 1 unspecified atom stereocenters. The molecule has 6 heteroatoms. The molecule has 0 fully saturated rings. The van der Waals surface area contributed by atoms with Crippen molar-refractivity contribution in [3.05, 3.63) is 71.3 Å².